The Morgan fingerprint density at radius 3 is 2.33 bits per heavy atom. The van der Waals surface area contributed by atoms with Gasteiger partial charge in [-0.1, -0.05) is 0 Å². The average molecular weight is 123 g/mol. The van der Waals surface area contributed by atoms with Gasteiger partial charge >= 0.3 is 46.6 Å². The standard InChI is InChI=1S/C4H8O.V/c1-3-5-4-2;/h3H2,1-2H3;. The van der Waals surface area contributed by atoms with E-state index in [4.69, 9.17) is 4.74 Å². The van der Waals surface area contributed by atoms with Crippen molar-refractivity contribution in [2.24, 2.45) is 0 Å². The fourth-order valence-electron chi connectivity index (χ4n) is 0.209. The molecule has 0 rings (SSSR count). The first-order valence-corrected chi connectivity index (χ1v) is 2.62. The number of rotatable bonds is 2. The van der Waals surface area contributed by atoms with E-state index in [1.165, 1.54) is 0 Å². The molecule has 0 aliphatic heterocycles. The van der Waals surface area contributed by atoms with E-state index in [0.717, 1.165) is 11.0 Å². The van der Waals surface area contributed by atoms with Crippen LogP contribution in [0.15, 0.2) is 0 Å². The Kier molecular flexibility index (Phi) is 3.85. The number of ether oxygens (including phenoxy) is 1. The van der Waals surface area contributed by atoms with Gasteiger partial charge in [0.25, 0.3) is 0 Å². The molecular formula is C4H8OV. The Morgan fingerprint density at radius 1 is 1.83 bits per heavy atom. The third-order valence-corrected chi connectivity index (χ3v) is 0.555. The van der Waals surface area contributed by atoms with Crippen LogP contribution < -0.4 is 0 Å². The molecule has 2 heteroatoms. The van der Waals surface area contributed by atoms with Crippen LogP contribution in [-0.4, -0.2) is 11.0 Å². The third kappa shape index (κ3) is 4.41. The van der Waals surface area contributed by atoms with Gasteiger partial charge in [-0.15, -0.1) is 0 Å². The van der Waals surface area contributed by atoms with Crippen molar-refractivity contribution in [3.63, 3.8) is 0 Å². The van der Waals surface area contributed by atoms with Crippen molar-refractivity contribution in [3.05, 3.63) is 0 Å². The fraction of sp³-hybridized carbons (Fsp3) is 0.750. The summed E-state index contributed by atoms with van der Waals surface area (Å²) >= 11 is 2.34. The number of hydrogen-bond acceptors (Lipinski definition) is 1. The molecule has 0 radical (unpaired) electrons. The van der Waals surface area contributed by atoms with Crippen LogP contribution in [0.4, 0.5) is 0 Å². The Morgan fingerprint density at radius 2 is 2.33 bits per heavy atom. The minimum absolute atomic E-state index is 0.778. The van der Waals surface area contributed by atoms with E-state index in [9.17, 15) is 0 Å². The Balaban J connectivity index is 2.83. The monoisotopic (exact) mass is 123 g/mol. The van der Waals surface area contributed by atoms with Gasteiger partial charge in [0.15, 0.2) is 0 Å². The van der Waals surface area contributed by atoms with E-state index >= 15 is 0 Å². The van der Waals surface area contributed by atoms with Crippen LogP contribution in [0.3, 0.4) is 0 Å². The summed E-state index contributed by atoms with van der Waals surface area (Å²) in [7, 11) is 0. The molecule has 0 aromatic rings. The Bertz CT molecular complexity index is 51.5. The van der Waals surface area contributed by atoms with Crippen LogP contribution in [-0.2, 0) is 21.7 Å². The molecule has 0 unspecified atom stereocenters. The van der Waals surface area contributed by atoms with Crippen LogP contribution in [0.1, 0.15) is 13.8 Å². The second-order valence-electron chi connectivity index (χ2n) is 0.952. The van der Waals surface area contributed by atoms with Crippen molar-refractivity contribution in [1.29, 1.82) is 0 Å². The van der Waals surface area contributed by atoms with Crippen molar-refractivity contribution in [2.75, 3.05) is 6.61 Å². The van der Waals surface area contributed by atoms with Gasteiger partial charge in [-0.05, 0) is 0 Å². The first-order valence-electron chi connectivity index (χ1n) is 1.92. The zero-order valence-corrected chi connectivity index (χ0v) is 5.46. The van der Waals surface area contributed by atoms with Crippen molar-refractivity contribution in [3.8, 4) is 0 Å². The van der Waals surface area contributed by atoms with E-state index < -0.39 is 0 Å². The molecule has 0 saturated heterocycles. The second kappa shape index (κ2) is 3.60. The quantitative estimate of drug-likeness (QED) is 0.525. The Labute approximate surface area is 47.2 Å². The summed E-state index contributed by atoms with van der Waals surface area (Å²) in [5, 5.41) is 0. The van der Waals surface area contributed by atoms with Gasteiger partial charge in [-0.25, -0.2) is 0 Å². The summed E-state index contributed by atoms with van der Waals surface area (Å²) in [5.74, 6) is 0. The SMILES string of the molecule is CCO[C](C)=[V]. The second-order valence-corrected chi connectivity index (χ2v) is 1.94. The van der Waals surface area contributed by atoms with E-state index in [1.807, 2.05) is 13.8 Å². The molecule has 0 saturated carbocycles. The molecule has 0 aliphatic rings. The molecular weight excluding hydrogens is 115 g/mol. The first kappa shape index (κ1) is 6.41. The molecule has 35 valence electrons. The predicted octanol–water partition coefficient (Wildman–Crippen LogP) is 0.720. The van der Waals surface area contributed by atoms with E-state index in [1.54, 1.807) is 0 Å². The zero-order chi connectivity index (χ0) is 4.99. The summed E-state index contributed by atoms with van der Waals surface area (Å²) in [6.07, 6.45) is 0. The maximum atomic E-state index is 4.93. The van der Waals surface area contributed by atoms with Crippen molar-refractivity contribution in [1.82, 2.24) is 0 Å². The molecule has 6 heavy (non-hydrogen) atoms. The minimum atomic E-state index is 0.778. The summed E-state index contributed by atoms with van der Waals surface area (Å²) in [6.45, 7) is 4.67. The van der Waals surface area contributed by atoms with Gasteiger partial charge in [-0.3, -0.25) is 0 Å². The molecule has 0 fully saturated rings. The molecule has 1 nitrogen and oxygen atoms in total. The summed E-state index contributed by atoms with van der Waals surface area (Å²) in [6, 6.07) is 0. The van der Waals surface area contributed by atoms with Crippen LogP contribution in [0.25, 0.3) is 0 Å². The summed E-state index contributed by atoms with van der Waals surface area (Å²) in [4.78, 5) is 0. The third-order valence-electron chi connectivity index (χ3n) is 0.353. The van der Waals surface area contributed by atoms with Crippen LogP contribution in [0, 0.1) is 0 Å². The molecule has 0 bridgehead atoms. The van der Waals surface area contributed by atoms with Gasteiger partial charge < -0.3 is 0 Å². The van der Waals surface area contributed by atoms with Crippen molar-refractivity contribution >= 4 is 4.41 Å². The zero-order valence-electron chi connectivity index (χ0n) is 4.06. The maximum absolute atomic E-state index is 4.93. The first-order chi connectivity index (χ1) is 2.77. The van der Waals surface area contributed by atoms with Crippen molar-refractivity contribution in [2.45, 2.75) is 13.8 Å². The molecule has 0 amide bonds. The summed E-state index contributed by atoms with van der Waals surface area (Å²) < 4.78 is 5.91. The molecule has 0 aromatic heterocycles. The molecule has 0 N–H and O–H groups in total. The van der Waals surface area contributed by atoms with Gasteiger partial charge in [0, 0.05) is 0 Å². The van der Waals surface area contributed by atoms with E-state index in [0.29, 0.717) is 0 Å². The normalized spacial score (nSPS) is 8.17. The van der Waals surface area contributed by atoms with Crippen LogP contribution in [0.5, 0.6) is 0 Å². The molecule has 0 heterocycles. The van der Waals surface area contributed by atoms with Crippen molar-refractivity contribution < 1.29 is 21.7 Å². The van der Waals surface area contributed by atoms with Gasteiger partial charge in [0.1, 0.15) is 0 Å². The summed E-state index contributed by atoms with van der Waals surface area (Å²) in [5.41, 5.74) is 0. The molecule has 0 aromatic carbocycles. The van der Waals surface area contributed by atoms with E-state index in [2.05, 4.69) is 17.0 Å². The molecule has 0 atom stereocenters. The number of hydrogen-bond donors (Lipinski definition) is 0. The van der Waals surface area contributed by atoms with Crippen LogP contribution in [0.2, 0.25) is 0 Å². The van der Waals surface area contributed by atoms with Gasteiger partial charge in [0.05, 0.1) is 0 Å². The van der Waals surface area contributed by atoms with E-state index in [-0.39, 0.29) is 0 Å². The average Bonchev–Trinajstić information content (AvgIpc) is 1.35. The predicted molar refractivity (Wildman–Crippen MR) is 22.3 cm³/mol. The molecule has 0 aliphatic carbocycles. The van der Waals surface area contributed by atoms with Gasteiger partial charge in [0.2, 0.25) is 0 Å². The fourth-order valence-corrected chi connectivity index (χ4v) is 0.410. The Hall–Kier alpha value is 0.414. The van der Waals surface area contributed by atoms with Gasteiger partial charge in [-0.2, -0.15) is 0 Å². The molecule has 0 spiro atoms. The van der Waals surface area contributed by atoms with Crippen LogP contribution >= 0.6 is 0 Å². The topological polar surface area (TPSA) is 9.23 Å².